The van der Waals surface area contributed by atoms with Crippen LogP contribution in [-0.4, -0.2) is 33.2 Å². The van der Waals surface area contributed by atoms with Gasteiger partial charge in [-0.15, -0.1) is 0 Å². The summed E-state index contributed by atoms with van der Waals surface area (Å²) in [6.45, 7) is 2.21. The predicted molar refractivity (Wildman–Crippen MR) is 72.4 cm³/mol. The Morgan fingerprint density at radius 2 is 2.32 bits per heavy atom. The van der Waals surface area contributed by atoms with Gasteiger partial charge >= 0.3 is 0 Å². The number of nitrogens with two attached hydrogens (primary N) is 1. The van der Waals surface area contributed by atoms with Crippen molar-refractivity contribution in [3.63, 3.8) is 0 Å². The fourth-order valence-corrected chi connectivity index (χ4v) is 1.89. The zero-order valence-corrected chi connectivity index (χ0v) is 11.1. The van der Waals surface area contributed by atoms with Crippen molar-refractivity contribution in [1.82, 2.24) is 14.9 Å². The molecule has 0 saturated carbocycles. The van der Waals surface area contributed by atoms with Gasteiger partial charge in [-0.25, -0.2) is 4.98 Å². The van der Waals surface area contributed by atoms with Gasteiger partial charge in [0.25, 0.3) is 0 Å². The molecule has 6 heteroatoms. The lowest BCUT2D eigenvalue weighted by Crippen LogP contribution is -2.38. The van der Waals surface area contributed by atoms with Crippen molar-refractivity contribution in [3.8, 4) is 0 Å². The van der Waals surface area contributed by atoms with Crippen molar-refractivity contribution in [3.05, 3.63) is 29.6 Å². The number of aliphatic hydroxyl groups excluding tert-OH is 1. The van der Waals surface area contributed by atoms with Gasteiger partial charge in [0, 0.05) is 20.1 Å². The number of aryl methyl sites for hydroxylation is 2. The molecule has 1 aromatic carbocycles. The van der Waals surface area contributed by atoms with E-state index < -0.39 is 12.0 Å². The molecule has 0 aliphatic carbocycles. The zero-order chi connectivity index (χ0) is 14.0. The van der Waals surface area contributed by atoms with Crippen LogP contribution in [0.25, 0.3) is 11.0 Å². The van der Waals surface area contributed by atoms with E-state index in [1.165, 1.54) is 0 Å². The molecule has 1 unspecified atom stereocenters. The first-order valence-electron chi connectivity index (χ1n) is 6.10. The van der Waals surface area contributed by atoms with Gasteiger partial charge in [-0.3, -0.25) is 4.79 Å². The highest BCUT2D eigenvalue weighted by Crippen LogP contribution is 2.16. The quantitative estimate of drug-likeness (QED) is 0.712. The maximum Gasteiger partial charge on any atom is 0.250 e. The van der Waals surface area contributed by atoms with Gasteiger partial charge in [0.1, 0.15) is 11.9 Å². The van der Waals surface area contributed by atoms with Crippen LogP contribution in [0.2, 0.25) is 0 Å². The fourth-order valence-electron chi connectivity index (χ4n) is 1.89. The van der Waals surface area contributed by atoms with E-state index >= 15 is 0 Å². The van der Waals surface area contributed by atoms with Crippen LogP contribution in [0, 0.1) is 6.92 Å². The Morgan fingerprint density at radius 3 is 3.00 bits per heavy atom. The minimum Gasteiger partial charge on any atom is -0.382 e. The van der Waals surface area contributed by atoms with Gasteiger partial charge in [-0.05, 0) is 24.6 Å². The van der Waals surface area contributed by atoms with E-state index in [9.17, 15) is 9.90 Å². The number of carbonyl (C=O) groups is 1. The largest absolute Gasteiger partial charge is 0.382 e. The minimum absolute atomic E-state index is 0.0791. The van der Waals surface area contributed by atoms with Gasteiger partial charge in [-0.1, -0.05) is 6.07 Å². The molecular weight excluding hydrogens is 244 g/mol. The molecule has 19 heavy (non-hydrogen) atoms. The van der Waals surface area contributed by atoms with Crippen LogP contribution in [0.4, 0.5) is 0 Å². The van der Waals surface area contributed by atoms with Crippen molar-refractivity contribution >= 4 is 16.9 Å². The molecule has 1 amide bonds. The number of aliphatic hydroxyl groups is 1. The third-order valence-corrected chi connectivity index (χ3v) is 3.16. The number of nitrogens with one attached hydrogen (secondary N) is 1. The topological polar surface area (TPSA) is 93.2 Å². The second kappa shape index (κ2) is 5.38. The number of hydrogen-bond donors (Lipinski definition) is 3. The predicted octanol–water partition coefficient (Wildman–Crippen LogP) is -0.182. The first kappa shape index (κ1) is 13.5. The smallest absolute Gasteiger partial charge is 0.250 e. The molecule has 0 spiro atoms. The third-order valence-electron chi connectivity index (χ3n) is 3.16. The number of benzene rings is 1. The molecule has 0 fully saturated rings. The van der Waals surface area contributed by atoms with E-state index in [-0.39, 0.29) is 6.54 Å². The molecule has 0 aliphatic heterocycles. The average molecular weight is 262 g/mol. The lowest BCUT2D eigenvalue weighted by molar-refractivity contribution is -0.128. The molecule has 6 nitrogen and oxygen atoms in total. The summed E-state index contributed by atoms with van der Waals surface area (Å²) in [5.74, 6) is 0.481. The van der Waals surface area contributed by atoms with Crippen LogP contribution in [0.1, 0.15) is 11.4 Å². The van der Waals surface area contributed by atoms with Crippen LogP contribution in [0.5, 0.6) is 0 Å². The third kappa shape index (κ3) is 2.74. The maximum absolute atomic E-state index is 11.4. The van der Waals surface area contributed by atoms with Crippen molar-refractivity contribution in [1.29, 1.82) is 0 Å². The van der Waals surface area contributed by atoms with Crippen LogP contribution in [-0.2, 0) is 18.4 Å². The van der Waals surface area contributed by atoms with E-state index in [2.05, 4.69) is 10.3 Å². The van der Waals surface area contributed by atoms with Gasteiger partial charge in [0.15, 0.2) is 0 Å². The Bertz CT molecular complexity index is 606. The van der Waals surface area contributed by atoms with Crippen molar-refractivity contribution in [2.45, 2.75) is 19.6 Å². The summed E-state index contributed by atoms with van der Waals surface area (Å²) in [5.41, 5.74) is 8.09. The van der Waals surface area contributed by atoms with Crippen molar-refractivity contribution in [2.75, 3.05) is 6.54 Å². The molecule has 0 radical (unpaired) electrons. The number of rotatable bonds is 4. The minimum atomic E-state index is -1.15. The monoisotopic (exact) mass is 262 g/mol. The maximum atomic E-state index is 11.4. The Hall–Kier alpha value is -1.92. The summed E-state index contributed by atoms with van der Waals surface area (Å²) in [6.07, 6.45) is -1.15. The number of imidazole rings is 1. The van der Waals surface area contributed by atoms with E-state index in [1.54, 1.807) is 0 Å². The summed E-state index contributed by atoms with van der Waals surface area (Å²) in [4.78, 5) is 15.8. The van der Waals surface area contributed by atoms with Gasteiger partial charge in [-0.2, -0.15) is 0 Å². The van der Waals surface area contributed by atoms with Gasteiger partial charge < -0.3 is 20.7 Å². The molecular formula is C13H18N4O2. The Morgan fingerprint density at radius 1 is 1.58 bits per heavy atom. The summed E-state index contributed by atoms with van der Waals surface area (Å²) < 4.78 is 2.01. The number of amides is 1. The van der Waals surface area contributed by atoms with E-state index in [4.69, 9.17) is 5.73 Å². The molecule has 4 N–H and O–H groups in total. The van der Waals surface area contributed by atoms with Gasteiger partial charge in [0.05, 0.1) is 11.0 Å². The highest BCUT2D eigenvalue weighted by Gasteiger charge is 2.12. The number of fused-ring (bicyclic) bond motifs is 1. The standard InChI is InChI=1S/C13H18N4O2/c1-8-16-10-5-9(3-4-11(10)17(8)2)7-15-13(19)12(18)6-14/h3-5,12,18H,6-7,14H2,1-2H3,(H,15,19). The normalized spacial score (nSPS) is 12.6. The number of carbonyl (C=O) groups excluding carboxylic acids is 1. The number of hydrogen-bond acceptors (Lipinski definition) is 4. The van der Waals surface area contributed by atoms with Crippen LogP contribution < -0.4 is 11.1 Å². The lowest BCUT2D eigenvalue weighted by atomic mass is 10.2. The highest BCUT2D eigenvalue weighted by molar-refractivity contribution is 5.81. The Balaban J connectivity index is 2.12. The van der Waals surface area contributed by atoms with Crippen LogP contribution in [0.3, 0.4) is 0 Å². The van der Waals surface area contributed by atoms with Crippen molar-refractivity contribution in [2.24, 2.45) is 12.8 Å². The molecule has 102 valence electrons. The Labute approximate surface area is 111 Å². The SMILES string of the molecule is Cc1nc2cc(CNC(=O)C(O)CN)ccc2n1C. The number of nitrogens with zero attached hydrogens (tertiary/aromatic N) is 2. The highest BCUT2D eigenvalue weighted by atomic mass is 16.3. The van der Waals surface area contributed by atoms with Crippen molar-refractivity contribution < 1.29 is 9.90 Å². The molecule has 0 bridgehead atoms. The molecule has 1 aromatic heterocycles. The summed E-state index contributed by atoms with van der Waals surface area (Å²) in [6, 6.07) is 5.83. The summed E-state index contributed by atoms with van der Waals surface area (Å²) in [5, 5.41) is 11.9. The van der Waals surface area contributed by atoms with E-state index in [0.29, 0.717) is 6.54 Å². The average Bonchev–Trinajstić information content (AvgIpc) is 2.70. The van der Waals surface area contributed by atoms with Crippen LogP contribution >= 0.6 is 0 Å². The molecule has 0 aliphatic rings. The molecule has 1 atom stereocenters. The Kier molecular flexibility index (Phi) is 3.82. The van der Waals surface area contributed by atoms with E-state index in [0.717, 1.165) is 22.4 Å². The summed E-state index contributed by atoms with van der Waals surface area (Å²) in [7, 11) is 1.96. The first-order valence-corrected chi connectivity index (χ1v) is 6.10. The molecule has 1 heterocycles. The lowest BCUT2D eigenvalue weighted by Gasteiger charge is -2.09. The molecule has 2 rings (SSSR count). The van der Waals surface area contributed by atoms with Gasteiger partial charge in [0.2, 0.25) is 5.91 Å². The second-order valence-corrected chi connectivity index (χ2v) is 4.51. The van der Waals surface area contributed by atoms with E-state index in [1.807, 2.05) is 36.7 Å². The molecule has 2 aromatic rings. The first-order chi connectivity index (χ1) is 9.02. The summed E-state index contributed by atoms with van der Waals surface area (Å²) >= 11 is 0. The zero-order valence-electron chi connectivity index (χ0n) is 11.1. The second-order valence-electron chi connectivity index (χ2n) is 4.51. The number of aromatic nitrogens is 2. The molecule has 0 saturated heterocycles. The fraction of sp³-hybridized carbons (Fsp3) is 0.385. The van der Waals surface area contributed by atoms with Crippen LogP contribution in [0.15, 0.2) is 18.2 Å².